The van der Waals surface area contributed by atoms with Crippen LogP contribution in [-0.4, -0.2) is 11.8 Å². The minimum Gasteiger partial charge on any atom is -0.494 e. The number of amidine groups is 1. The molecule has 5 heteroatoms. The summed E-state index contributed by atoms with van der Waals surface area (Å²) in [5.41, 5.74) is 8.50. The molecule has 0 aliphatic rings. The molecule has 0 heterocycles. The highest BCUT2D eigenvalue weighted by Gasteiger charge is 1.99. The van der Waals surface area contributed by atoms with Gasteiger partial charge in [-0.25, -0.2) is 4.99 Å². The number of nitrogens with zero attached hydrogens (tertiary/aromatic N) is 2. The van der Waals surface area contributed by atoms with E-state index >= 15 is 0 Å². The van der Waals surface area contributed by atoms with E-state index in [0.29, 0.717) is 17.3 Å². The summed E-state index contributed by atoms with van der Waals surface area (Å²) in [6.45, 7) is 2.59. The lowest BCUT2D eigenvalue weighted by Gasteiger charge is -2.04. The van der Waals surface area contributed by atoms with Crippen molar-refractivity contribution in [2.75, 3.05) is 6.61 Å². The average molecular weight is 311 g/mol. The lowest BCUT2D eigenvalue weighted by Crippen LogP contribution is -2.06. The van der Waals surface area contributed by atoms with Crippen LogP contribution in [0.15, 0.2) is 53.5 Å². The summed E-state index contributed by atoms with van der Waals surface area (Å²) in [6.07, 6.45) is 0. The highest BCUT2D eigenvalue weighted by molar-refractivity contribution is 8.13. The molecule has 0 fully saturated rings. The molecule has 22 heavy (non-hydrogen) atoms. The number of nitriles is 1. The SMILES string of the molecule is CCOc1ccc(N=C(N)SCc2ccc(C#N)cc2)cc1. The van der Waals surface area contributed by atoms with Crippen molar-refractivity contribution in [2.24, 2.45) is 10.7 Å². The zero-order chi connectivity index (χ0) is 15.8. The molecule has 0 aliphatic carbocycles. The molecule has 0 radical (unpaired) electrons. The standard InChI is InChI=1S/C17H17N3OS/c1-2-21-16-9-7-15(8-10-16)20-17(19)22-12-14-5-3-13(11-18)4-6-14/h3-10H,2,12H2,1H3,(H2,19,20). The Balaban J connectivity index is 1.92. The van der Waals surface area contributed by atoms with Crippen LogP contribution in [0, 0.1) is 11.3 Å². The van der Waals surface area contributed by atoms with Crippen LogP contribution in [-0.2, 0) is 5.75 Å². The third-order valence-electron chi connectivity index (χ3n) is 2.86. The Hall–Kier alpha value is -2.45. The number of ether oxygens (including phenoxy) is 1. The quantitative estimate of drug-likeness (QED) is 0.672. The van der Waals surface area contributed by atoms with Crippen molar-refractivity contribution < 1.29 is 4.74 Å². The summed E-state index contributed by atoms with van der Waals surface area (Å²) in [5, 5.41) is 9.27. The number of nitrogens with two attached hydrogens (primary N) is 1. The molecule has 112 valence electrons. The summed E-state index contributed by atoms with van der Waals surface area (Å²) in [7, 11) is 0. The van der Waals surface area contributed by atoms with Crippen LogP contribution in [0.25, 0.3) is 0 Å². The van der Waals surface area contributed by atoms with E-state index in [4.69, 9.17) is 15.7 Å². The fraction of sp³-hybridized carbons (Fsp3) is 0.176. The molecular weight excluding hydrogens is 294 g/mol. The van der Waals surface area contributed by atoms with E-state index in [2.05, 4.69) is 11.1 Å². The van der Waals surface area contributed by atoms with Crippen LogP contribution >= 0.6 is 11.8 Å². The van der Waals surface area contributed by atoms with Crippen molar-refractivity contribution in [3.8, 4) is 11.8 Å². The first kappa shape index (κ1) is 15.9. The van der Waals surface area contributed by atoms with Crippen LogP contribution in [0.1, 0.15) is 18.1 Å². The van der Waals surface area contributed by atoms with Gasteiger partial charge in [0.2, 0.25) is 0 Å². The van der Waals surface area contributed by atoms with E-state index in [1.165, 1.54) is 11.8 Å². The number of hydrogen-bond donors (Lipinski definition) is 1. The predicted molar refractivity (Wildman–Crippen MR) is 91.3 cm³/mol. The van der Waals surface area contributed by atoms with Gasteiger partial charge in [0.15, 0.2) is 5.17 Å². The molecule has 0 atom stereocenters. The van der Waals surface area contributed by atoms with Gasteiger partial charge in [-0.1, -0.05) is 23.9 Å². The predicted octanol–water partition coefficient (Wildman–Crippen LogP) is 3.84. The molecule has 2 aromatic rings. The van der Waals surface area contributed by atoms with Gasteiger partial charge in [-0.2, -0.15) is 5.26 Å². The molecule has 2 N–H and O–H groups in total. The largest absolute Gasteiger partial charge is 0.494 e. The van der Waals surface area contributed by atoms with Gasteiger partial charge in [-0.3, -0.25) is 0 Å². The molecule has 0 aliphatic heterocycles. The molecule has 2 rings (SSSR count). The summed E-state index contributed by atoms with van der Waals surface area (Å²) < 4.78 is 5.38. The highest BCUT2D eigenvalue weighted by Crippen LogP contribution is 2.20. The molecule has 0 aromatic heterocycles. The minimum atomic E-state index is 0.508. The van der Waals surface area contributed by atoms with E-state index < -0.39 is 0 Å². The third-order valence-corrected chi connectivity index (χ3v) is 3.72. The summed E-state index contributed by atoms with van der Waals surface area (Å²) in [5.74, 6) is 1.54. The van der Waals surface area contributed by atoms with Crippen LogP contribution in [0.5, 0.6) is 5.75 Å². The van der Waals surface area contributed by atoms with Crippen molar-refractivity contribution in [1.29, 1.82) is 5.26 Å². The number of hydrogen-bond acceptors (Lipinski definition) is 4. The Morgan fingerprint density at radius 1 is 1.18 bits per heavy atom. The van der Waals surface area contributed by atoms with Crippen LogP contribution < -0.4 is 10.5 Å². The minimum absolute atomic E-state index is 0.508. The van der Waals surface area contributed by atoms with Crippen molar-refractivity contribution in [2.45, 2.75) is 12.7 Å². The summed E-state index contributed by atoms with van der Waals surface area (Å²) in [4.78, 5) is 4.36. The number of thioether (sulfide) groups is 1. The Bertz CT molecular complexity index is 673. The molecular formula is C17H17N3OS. The highest BCUT2D eigenvalue weighted by atomic mass is 32.2. The van der Waals surface area contributed by atoms with Gasteiger partial charge < -0.3 is 10.5 Å². The van der Waals surface area contributed by atoms with Crippen LogP contribution in [0.2, 0.25) is 0 Å². The van der Waals surface area contributed by atoms with Gasteiger partial charge >= 0.3 is 0 Å². The maximum atomic E-state index is 8.76. The second-order valence-electron chi connectivity index (χ2n) is 4.47. The Morgan fingerprint density at radius 3 is 2.45 bits per heavy atom. The summed E-state index contributed by atoms with van der Waals surface area (Å²) >= 11 is 1.47. The molecule has 0 amide bonds. The van der Waals surface area contributed by atoms with Crippen molar-refractivity contribution in [3.05, 3.63) is 59.7 Å². The second-order valence-corrected chi connectivity index (χ2v) is 5.47. The van der Waals surface area contributed by atoms with Gasteiger partial charge in [0.25, 0.3) is 0 Å². The second kappa shape index (κ2) is 8.11. The first-order chi connectivity index (χ1) is 10.7. The molecule has 4 nitrogen and oxygen atoms in total. The van der Waals surface area contributed by atoms with Crippen molar-refractivity contribution in [3.63, 3.8) is 0 Å². The normalized spacial score (nSPS) is 11.0. The van der Waals surface area contributed by atoms with Gasteiger partial charge in [0.05, 0.1) is 23.9 Å². The maximum Gasteiger partial charge on any atom is 0.159 e. The molecule has 0 saturated carbocycles. The Kier molecular flexibility index (Phi) is 5.87. The molecule has 0 unspecified atom stereocenters. The van der Waals surface area contributed by atoms with E-state index in [9.17, 15) is 0 Å². The number of benzene rings is 2. The topological polar surface area (TPSA) is 71.4 Å². The average Bonchev–Trinajstić information content (AvgIpc) is 2.55. The molecule has 0 saturated heterocycles. The van der Waals surface area contributed by atoms with E-state index in [0.717, 1.165) is 22.8 Å². The van der Waals surface area contributed by atoms with Crippen LogP contribution in [0.4, 0.5) is 5.69 Å². The molecule has 2 aromatic carbocycles. The van der Waals surface area contributed by atoms with Crippen molar-refractivity contribution in [1.82, 2.24) is 0 Å². The van der Waals surface area contributed by atoms with Crippen LogP contribution in [0.3, 0.4) is 0 Å². The monoisotopic (exact) mass is 311 g/mol. The van der Waals surface area contributed by atoms with Gasteiger partial charge in [-0.05, 0) is 48.9 Å². The smallest absolute Gasteiger partial charge is 0.159 e. The zero-order valence-electron chi connectivity index (χ0n) is 12.3. The number of aliphatic imine (C=N–C) groups is 1. The first-order valence-electron chi connectivity index (χ1n) is 6.90. The lowest BCUT2D eigenvalue weighted by molar-refractivity contribution is 0.340. The third kappa shape index (κ3) is 4.83. The molecule has 0 spiro atoms. The van der Waals surface area contributed by atoms with E-state index in [1.807, 2.05) is 43.3 Å². The fourth-order valence-electron chi connectivity index (χ4n) is 1.78. The summed E-state index contributed by atoms with van der Waals surface area (Å²) in [6, 6.07) is 17.1. The zero-order valence-corrected chi connectivity index (χ0v) is 13.1. The van der Waals surface area contributed by atoms with E-state index in [1.54, 1.807) is 12.1 Å². The number of rotatable bonds is 5. The lowest BCUT2D eigenvalue weighted by atomic mass is 10.2. The Labute approximate surface area is 134 Å². The van der Waals surface area contributed by atoms with Gasteiger partial charge in [0.1, 0.15) is 5.75 Å². The maximum absolute atomic E-state index is 8.76. The van der Waals surface area contributed by atoms with Gasteiger partial charge in [0, 0.05) is 5.75 Å². The fourth-order valence-corrected chi connectivity index (χ4v) is 2.45. The van der Waals surface area contributed by atoms with Gasteiger partial charge in [-0.15, -0.1) is 0 Å². The van der Waals surface area contributed by atoms with E-state index in [-0.39, 0.29) is 0 Å². The molecule has 0 bridgehead atoms. The Morgan fingerprint density at radius 2 is 1.86 bits per heavy atom. The first-order valence-corrected chi connectivity index (χ1v) is 7.88. The van der Waals surface area contributed by atoms with Crippen molar-refractivity contribution >= 4 is 22.6 Å².